The molecule has 0 aliphatic carbocycles. The average molecular weight is 471 g/mol. The third kappa shape index (κ3) is 4.58. The number of thiophene rings is 1. The Bertz CT molecular complexity index is 1010. The SMILES string of the molecule is O=C(Nc1ccccc1C(=O)N1CCOC(c2ccc(Br)cc2)C1)c1cccs1. The molecule has 1 N–H and O–H groups in total. The molecule has 2 aromatic carbocycles. The van der Waals surface area contributed by atoms with Crippen LogP contribution < -0.4 is 5.32 Å². The standard InChI is InChI=1S/C22H19BrN2O3S/c23-16-9-7-15(8-10-16)19-14-25(11-12-28-19)22(27)17-4-1-2-5-18(17)24-21(26)20-6-3-13-29-20/h1-10,13,19H,11-12,14H2,(H,24,26). The van der Waals surface area contributed by atoms with Gasteiger partial charge in [-0.05, 0) is 41.3 Å². The first-order chi connectivity index (χ1) is 14.1. The van der Waals surface area contributed by atoms with Crippen LogP contribution in [-0.2, 0) is 4.74 Å². The van der Waals surface area contributed by atoms with E-state index in [1.54, 1.807) is 29.2 Å². The summed E-state index contributed by atoms with van der Waals surface area (Å²) in [5.41, 5.74) is 2.03. The van der Waals surface area contributed by atoms with E-state index < -0.39 is 0 Å². The van der Waals surface area contributed by atoms with Crippen molar-refractivity contribution >= 4 is 44.8 Å². The topological polar surface area (TPSA) is 58.6 Å². The first-order valence-electron chi connectivity index (χ1n) is 9.22. The van der Waals surface area contributed by atoms with Crippen molar-refractivity contribution in [3.8, 4) is 0 Å². The molecule has 148 valence electrons. The number of carbonyl (C=O) groups excluding carboxylic acids is 2. The molecule has 1 atom stereocenters. The molecule has 2 heterocycles. The highest BCUT2D eigenvalue weighted by molar-refractivity contribution is 9.10. The predicted molar refractivity (Wildman–Crippen MR) is 117 cm³/mol. The highest BCUT2D eigenvalue weighted by Crippen LogP contribution is 2.26. The van der Waals surface area contributed by atoms with Crippen LogP contribution in [-0.4, -0.2) is 36.4 Å². The van der Waals surface area contributed by atoms with E-state index in [1.165, 1.54) is 11.3 Å². The van der Waals surface area contributed by atoms with Crippen LogP contribution in [0.25, 0.3) is 0 Å². The van der Waals surface area contributed by atoms with E-state index in [0.717, 1.165) is 10.0 Å². The Labute approximate surface area is 181 Å². The molecular formula is C22H19BrN2O3S. The number of anilines is 1. The van der Waals surface area contributed by atoms with Gasteiger partial charge in [0.2, 0.25) is 0 Å². The molecule has 3 aromatic rings. The fourth-order valence-electron chi connectivity index (χ4n) is 3.25. The molecule has 1 fully saturated rings. The second kappa shape index (κ2) is 8.90. The number of nitrogens with zero attached hydrogens (tertiary/aromatic N) is 1. The monoisotopic (exact) mass is 470 g/mol. The summed E-state index contributed by atoms with van der Waals surface area (Å²) >= 11 is 4.80. The number of amides is 2. The Hall–Kier alpha value is -2.48. The molecule has 2 amide bonds. The van der Waals surface area contributed by atoms with Gasteiger partial charge in [0.05, 0.1) is 29.3 Å². The molecule has 0 radical (unpaired) electrons. The zero-order valence-corrected chi connectivity index (χ0v) is 17.9. The molecule has 4 rings (SSSR count). The Morgan fingerprint density at radius 3 is 2.62 bits per heavy atom. The minimum Gasteiger partial charge on any atom is -0.370 e. The molecular weight excluding hydrogens is 452 g/mol. The van der Waals surface area contributed by atoms with Gasteiger partial charge in [-0.1, -0.05) is 46.3 Å². The van der Waals surface area contributed by atoms with Crippen molar-refractivity contribution in [3.63, 3.8) is 0 Å². The van der Waals surface area contributed by atoms with Crippen molar-refractivity contribution in [1.82, 2.24) is 4.90 Å². The number of para-hydroxylation sites is 1. The molecule has 1 unspecified atom stereocenters. The van der Waals surface area contributed by atoms with Crippen molar-refractivity contribution in [2.45, 2.75) is 6.10 Å². The van der Waals surface area contributed by atoms with Crippen LogP contribution in [0.2, 0.25) is 0 Å². The van der Waals surface area contributed by atoms with Gasteiger partial charge in [0, 0.05) is 11.0 Å². The minimum absolute atomic E-state index is 0.113. The third-order valence-corrected chi connectivity index (χ3v) is 6.14. The number of benzene rings is 2. The summed E-state index contributed by atoms with van der Waals surface area (Å²) in [4.78, 5) is 28.1. The maximum Gasteiger partial charge on any atom is 0.265 e. The Kier molecular flexibility index (Phi) is 6.08. The summed E-state index contributed by atoms with van der Waals surface area (Å²) < 4.78 is 6.89. The number of halogens is 1. The van der Waals surface area contributed by atoms with Crippen LogP contribution in [0, 0.1) is 0 Å². The Balaban J connectivity index is 1.52. The van der Waals surface area contributed by atoms with Gasteiger partial charge >= 0.3 is 0 Å². The zero-order chi connectivity index (χ0) is 20.2. The zero-order valence-electron chi connectivity index (χ0n) is 15.5. The lowest BCUT2D eigenvalue weighted by Gasteiger charge is -2.33. The van der Waals surface area contributed by atoms with Crippen LogP contribution in [0.1, 0.15) is 31.7 Å². The summed E-state index contributed by atoms with van der Waals surface area (Å²) in [7, 11) is 0. The molecule has 1 aliphatic heterocycles. The van der Waals surface area contributed by atoms with Crippen molar-refractivity contribution in [1.29, 1.82) is 0 Å². The summed E-state index contributed by atoms with van der Waals surface area (Å²) in [5, 5.41) is 4.72. The number of nitrogens with one attached hydrogen (secondary N) is 1. The number of carbonyl (C=O) groups is 2. The van der Waals surface area contributed by atoms with Crippen molar-refractivity contribution in [3.05, 3.63) is 86.5 Å². The first-order valence-corrected chi connectivity index (χ1v) is 10.9. The van der Waals surface area contributed by atoms with E-state index in [9.17, 15) is 9.59 Å². The van der Waals surface area contributed by atoms with Crippen LogP contribution in [0.5, 0.6) is 0 Å². The smallest absolute Gasteiger partial charge is 0.265 e. The highest BCUT2D eigenvalue weighted by atomic mass is 79.9. The van der Waals surface area contributed by atoms with Crippen molar-refractivity contribution in [2.75, 3.05) is 25.0 Å². The van der Waals surface area contributed by atoms with Gasteiger partial charge in [-0.2, -0.15) is 0 Å². The molecule has 5 nitrogen and oxygen atoms in total. The lowest BCUT2D eigenvalue weighted by molar-refractivity contribution is -0.0227. The van der Waals surface area contributed by atoms with E-state index in [-0.39, 0.29) is 17.9 Å². The van der Waals surface area contributed by atoms with E-state index in [1.807, 2.05) is 41.8 Å². The van der Waals surface area contributed by atoms with Gasteiger partial charge in [0.1, 0.15) is 6.10 Å². The average Bonchev–Trinajstić information content (AvgIpc) is 3.29. The van der Waals surface area contributed by atoms with Gasteiger partial charge in [0.15, 0.2) is 0 Å². The second-order valence-electron chi connectivity index (χ2n) is 6.64. The fourth-order valence-corrected chi connectivity index (χ4v) is 4.14. The third-order valence-electron chi connectivity index (χ3n) is 4.75. The van der Waals surface area contributed by atoms with Gasteiger partial charge < -0.3 is 15.0 Å². The van der Waals surface area contributed by atoms with E-state index in [4.69, 9.17) is 4.74 Å². The van der Waals surface area contributed by atoms with Crippen LogP contribution in [0.4, 0.5) is 5.69 Å². The normalized spacial score (nSPS) is 16.4. The van der Waals surface area contributed by atoms with Crippen molar-refractivity contribution in [2.24, 2.45) is 0 Å². The maximum atomic E-state index is 13.2. The van der Waals surface area contributed by atoms with Crippen LogP contribution >= 0.6 is 27.3 Å². The molecule has 1 saturated heterocycles. The van der Waals surface area contributed by atoms with Crippen LogP contribution in [0.3, 0.4) is 0 Å². The van der Waals surface area contributed by atoms with Gasteiger partial charge in [-0.3, -0.25) is 9.59 Å². The number of rotatable bonds is 4. The minimum atomic E-state index is -0.213. The summed E-state index contributed by atoms with van der Waals surface area (Å²) in [5.74, 6) is -0.326. The Morgan fingerprint density at radius 2 is 1.86 bits per heavy atom. The highest BCUT2D eigenvalue weighted by Gasteiger charge is 2.27. The molecule has 0 bridgehead atoms. The second-order valence-corrected chi connectivity index (χ2v) is 8.50. The lowest BCUT2D eigenvalue weighted by Crippen LogP contribution is -2.42. The molecule has 1 aromatic heterocycles. The predicted octanol–water partition coefficient (Wildman–Crippen LogP) is 4.98. The van der Waals surface area contributed by atoms with Crippen molar-refractivity contribution < 1.29 is 14.3 Å². The largest absolute Gasteiger partial charge is 0.370 e. The molecule has 29 heavy (non-hydrogen) atoms. The number of hydrogen-bond donors (Lipinski definition) is 1. The molecule has 0 spiro atoms. The Morgan fingerprint density at radius 1 is 1.07 bits per heavy atom. The number of ether oxygens (including phenoxy) is 1. The number of hydrogen-bond acceptors (Lipinski definition) is 4. The first kappa shape index (κ1) is 19.8. The number of morpholine rings is 1. The van der Waals surface area contributed by atoms with Crippen LogP contribution in [0.15, 0.2) is 70.5 Å². The molecule has 1 aliphatic rings. The maximum absolute atomic E-state index is 13.2. The van der Waals surface area contributed by atoms with Gasteiger partial charge in [-0.15, -0.1) is 11.3 Å². The molecule has 7 heteroatoms. The lowest BCUT2D eigenvalue weighted by atomic mass is 10.1. The summed E-state index contributed by atoms with van der Waals surface area (Å²) in [6.45, 7) is 1.45. The fraction of sp³-hybridized carbons (Fsp3) is 0.182. The van der Waals surface area contributed by atoms with E-state index >= 15 is 0 Å². The molecule has 0 saturated carbocycles. The van der Waals surface area contributed by atoms with Gasteiger partial charge in [-0.25, -0.2) is 0 Å². The summed E-state index contributed by atoms with van der Waals surface area (Å²) in [6.07, 6.45) is -0.173. The van der Waals surface area contributed by atoms with Gasteiger partial charge in [0.25, 0.3) is 11.8 Å². The quantitative estimate of drug-likeness (QED) is 0.584. The van der Waals surface area contributed by atoms with E-state index in [0.29, 0.717) is 35.8 Å². The van der Waals surface area contributed by atoms with E-state index in [2.05, 4.69) is 21.2 Å². The summed E-state index contributed by atoms with van der Waals surface area (Å²) in [6, 6.07) is 18.6.